The largest absolute Gasteiger partial charge is 0.480 e. The fraction of sp³-hybridized carbons (Fsp3) is 0.933. The van der Waals surface area contributed by atoms with E-state index < -0.39 is 11.5 Å². The number of hydrogen-bond acceptors (Lipinski definition) is 3. The molecule has 0 aromatic rings. The molecule has 0 amide bonds. The molecule has 0 aromatic heterocycles. The molecule has 1 rings (SSSR count). The van der Waals surface area contributed by atoms with E-state index in [2.05, 4.69) is 37.9 Å². The van der Waals surface area contributed by atoms with Gasteiger partial charge in [-0.2, -0.15) is 0 Å². The highest BCUT2D eigenvalue weighted by Gasteiger charge is 2.45. The van der Waals surface area contributed by atoms with Crippen molar-refractivity contribution in [3.05, 3.63) is 0 Å². The van der Waals surface area contributed by atoms with Gasteiger partial charge in [0.25, 0.3) is 0 Å². The molecular formula is C15H30N2O2. The van der Waals surface area contributed by atoms with Crippen molar-refractivity contribution in [3.63, 3.8) is 0 Å². The second kappa shape index (κ2) is 6.71. The van der Waals surface area contributed by atoms with Gasteiger partial charge in [-0.25, -0.2) is 0 Å². The molecule has 0 radical (unpaired) electrons. The summed E-state index contributed by atoms with van der Waals surface area (Å²) >= 11 is 0. The van der Waals surface area contributed by atoms with Crippen molar-refractivity contribution in [1.29, 1.82) is 0 Å². The first-order chi connectivity index (χ1) is 8.85. The molecule has 1 aliphatic rings. The zero-order chi connectivity index (χ0) is 14.5. The van der Waals surface area contributed by atoms with Gasteiger partial charge in [-0.15, -0.1) is 0 Å². The quantitative estimate of drug-likeness (QED) is 0.745. The summed E-state index contributed by atoms with van der Waals surface area (Å²) in [6, 6.07) is 0. The highest BCUT2D eigenvalue weighted by molar-refractivity contribution is 5.79. The predicted molar refractivity (Wildman–Crippen MR) is 78.4 cm³/mol. The second-order valence-electron chi connectivity index (χ2n) is 6.54. The van der Waals surface area contributed by atoms with Crippen LogP contribution in [0.5, 0.6) is 0 Å². The van der Waals surface area contributed by atoms with E-state index in [1.165, 1.54) is 0 Å². The normalized spacial score (nSPS) is 26.6. The Morgan fingerprint density at radius 2 is 1.89 bits per heavy atom. The Labute approximate surface area is 117 Å². The van der Waals surface area contributed by atoms with E-state index in [0.29, 0.717) is 0 Å². The Bertz CT molecular complexity index is 301. The Hall–Kier alpha value is -0.610. The fourth-order valence-corrected chi connectivity index (χ4v) is 3.26. The Morgan fingerprint density at radius 3 is 2.37 bits per heavy atom. The molecule has 0 heterocycles. The number of nitrogens with zero attached hydrogens (tertiary/aromatic N) is 1. The third-order valence-corrected chi connectivity index (χ3v) is 4.43. The van der Waals surface area contributed by atoms with Gasteiger partial charge in [-0.3, -0.25) is 4.79 Å². The minimum absolute atomic E-state index is 0.124. The molecule has 1 unspecified atom stereocenters. The first kappa shape index (κ1) is 16.4. The van der Waals surface area contributed by atoms with Crippen LogP contribution in [0.4, 0.5) is 0 Å². The fourth-order valence-electron chi connectivity index (χ4n) is 3.26. The minimum atomic E-state index is -0.713. The standard InChI is InChI=1S/C15H30N2O2/c1-5-17(6-2)11-10-16-15(13(18)19)9-7-8-14(3,4)12-15/h16H,5-12H2,1-4H3,(H,18,19). The third kappa shape index (κ3) is 4.46. The highest BCUT2D eigenvalue weighted by atomic mass is 16.4. The molecule has 0 saturated heterocycles. The predicted octanol–water partition coefficient (Wildman–Crippen LogP) is 2.34. The van der Waals surface area contributed by atoms with Crippen molar-refractivity contribution in [2.24, 2.45) is 5.41 Å². The van der Waals surface area contributed by atoms with E-state index in [0.717, 1.165) is 51.9 Å². The molecule has 112 valence electrons. The SMILES string of the molecule is CCN(CC)CCNC1(C(=O)O)CCCC(C)(C)C1. The molecule has 2 N–H and O–H groups in total. The lowest BCUT2D eigenvalue weighted by molar-refractivity contribution is -0.148. The van der Waals surface area contributed by atoms with Crippen molar-refractivity contribution in [1.82, 2.24) is 10.2 Å². The van der Waals surface area contributed by atoms with Gasteiger partial charge in [-0.05, 0) is 37.8 Å². The molecule has 4 nitrogen and oxygen atoms in total. The number of hydrogen-bond donors (Lipinski definition) is 2. The summed E-state index contributed by atoms with van der Waals surface area (Å²) in [5, 5.41) is 13.0. The number of rotatable bonds is 7. The van der Waals surface area contributed by atoms with Gasteiger partial charge in [0.2, 0.25) is 0 Å². The molecule has 4 heteroatoms. The van der Waals surface area contributed by atoms with Gasteiger partial charge in [0.1, 0.15) is 5.54 Å². The van der Waals surface area contributed by atoms with Crippen LogP contribution >= 0.6 is 0 Å². The van der Waals surface area contributed by atoms with Gasteiger partial charge in [-0.1, -0.05) is 34.1 Å². The zero-order valence-electron chi connectivity index (χ0n) is 13.0. The maximum Gasteiger partial charge on any atom is 0.323 e. The van der Waals surface area contributed by atoms with Crippen LogP contribution in [0.2, 0.25) is 0 Å². The van der Waals surface area contributed by atoms with E-state index in [1.54, 1.807) is 0 Å². The van der Waals surface area contributed by atoms with Crippen LogP contribution in [0.15, 0.2) is 0 Å². The monoisotopic (exact) mass is 270 g/mol. The lowest BCUT2D eigenvalue weighted by atomic mass is 9.68. The second-order valence-corrected chi connectivity index (χ2v) is 6.54. The van der Waals surface area contributed by atoms with Gasteiger partial charge in [0, 0.05) is 13.1 Å². The average molecular weight is 270 g/mol. The summed E-state index contributed by atoms with van der Waals surface area (Å²) in [6.45, 7) is 12.3. The molecule has 1 aliphatic carbocycles. The van der Waals surface area contributed by atoms with Crippen LogP contribution in [0.1, 0.15) is 53.4 Å². The summed E-state index contributed by atoms with van der Waals surface area (Å²) in [5.74, 6) is -0.681. The van der Waals surface area contributed by atoms with Crippen LogP contribution in [-0.2, 0) is 4.79 Å². The molecule has 0 spiro atoms. The summed E-state index contributed by atoms with van der Waals surface area (Å²) in [6.07, 6.45) is 3.61. The molecule has 1 atom stereocenters. The highest BCUT2D eigenvalue weighted by Crippen LogP contribution is 2.41. The Morgan fingerprint density at radius 1 is 1.26 bits per heavy atom. The first-order valence-electron chi connectivity index (χ1n) is 7.56. The van der Waals surface area contributed by atoms with Crippen LogP contribution in [0.25, 0.3) is 0 Å². The molecule has 19 heavy (non-hydrogen) atoms. The number of likely N-dealkylation sites (N-methyl/N-ethyl adjacent to an activating group) is 1. The summed E-state index contributed by atoms with van der Waals surface area (Å²) in [4.78, 5) is 14.0. The average Bonchev–Trinajstić information content (AvgIpc) is 2.33. The Balaban J connectivity index is 2.60. The molecule has 0 aliphatic heterocycles. The Kier molecular flexibility index (Phi) is 5.81. The number of carboxylic acids is 1. The van der Waals surface area contributed by atoms with Crippen LogP contribution in [-0.4, -0.2) is 47.7 Å². The van der Waals surface area contributed by atoms with Crippen LogP contribution in [0.3, 0.4) is 0 Å². The van der Waals surface area contributed by atoms with E-state index in [4.69, 9.17) is 0 Å². The zero-order valence-corrected chi connectivity index (χ0v) is 13.0. The van der Waals surface area contributed by atoms with Crippen LogP contribution < -0.4 is 5.32 Å². The van der Waals surface area contributed by atoms with Crippen molar-refractivity contribution in [3.8, 4) is 0 Å². The van der Waals surface area contributed by atoms with Crippen molar-refractivity contribution in [2.75, 3.05) is 26.2 Å². The minimum Gasteiger partial charge on any atom is -0.480 e. The van der Waals surface area contributed by atoms with Crippen molar-refractivity contribution < 1.29 is 9.90 Å². The summed E-state index contributed by atoms with van der Waals surface area (Å²) in [5.41, 5.74) is -0.590. The van der Waals surface area contributed by atoms with E-state index in [1.807, 2.05) is 0 Å². The van der Waals surface area contributed by atoms with Crippen LogP contribution in [0, 0.1) is 5.41 Å². The lowest BCUT2D eigenvalue weighted by Crippen LogP contribution is -2.57. The van der Waals surface area contributed by atoms with Crippen molar-refractivity contribution in [2.45, 2.75) is 58.9 Å². The first-order valence-corrected chi connectivity index (χ1v) is 7.56. The van der Waals surface area contributed by atoms with E-state index in [-0.39, 0.29) is 5.41 Å². The number of carboxylic acid groups (broad SMARTS) is 1. The summed E-state index contributed by atoms with van der Waals surface area (Å²) in [7, 11) is 0. The number of nitrogens with one attached hydrogen (secondary N) is 1. The van der Waals surface area contributed by atoms with E-state index in [9.17, 15) is 9.90 Å². The lowest BCUT2D eigenvalue weighted by Gasteiger charge is -2.43. The maximum atomic E-state index is 11.7. The molecule has 0 bridgehead atoms. The molecule has 1 saturated carbocycles. The van der Waals surface area contributed by atoms with Gasteiger partial charge < -0.3 is 15.3 Å². The van der Waals surface area contributed by atoms with Gasteiger partial charge in [0.15, 0.2) is 0 Å². The van der Waals surface area contributed by atoms with Crippen molar-refractivity contribution >= 4 is 5.97 Å². The maximum absolute atomic E-state index is 11.7. The van der Waals surface area contributed by atoms with Gasteiger partial charge in [0.05, 0.1) is 0 Å². The van der Waals surface area contributed by atoms with E-state index >= 15 is 0 Å². The number of aliphatic carboxylic acids is 1. The summed E-state index contributed by atoms with van der Waals surface area (Å²) < 4.78 is 0. The topological polar surface area (TPSA) is 52.6 Å². The van der Waals surface area contributed by atoms with Gasteiger partial charge >= 0.3 is 5.97 Å². The smallest absolute Gasteiger partial charge is 0.323 e. The third-order valence-electron chi connectivity index (χ3n) is 4.43. The molecule has 1 fully saturated rings. The molecular weight excluding hydrogens is 240 g/mol. The molecule has 0 aromatic carbocycles. The number of carbonyl (C=O) groups is 1.